The van der Waals surface area contributed by atoms with E-state index in [4.69, 9.17) is 21.0 Å². The van der Waals surface area contributed by atoms with Gasteiger partial charge in [-0.1, -0.05) is 62.7 Å². The standard InChI is InChI=1S/C30H25ClN4O2/c1-30(2,3)18-34-17-20(22-8-5-7-11-25(22)34)16-32-35-28(33-24-10-6-4-9-23(24)29(35)36)27-15-19-14-21(31)12-13-26(19)37-27/h4-17H,18H2,1-3H3. The maximum absolute atomic E-state index is 13.6. The first-order valence-electron chi connectivity index (χ1n) is 12.1. The quantitative estimate of drug-likeness (QED) is 0.234. The molecule has 0 amide bonds. The van der Waals surface area contributed by atoms with E-state index in [1.54, 1.807) is 24.4 Å². The van der Waals surface area contributed by atoms with Crippen LogP contribution in [0.3, 0.4) is 0 Å². The van der Waals surface area contributed by atoms with Crippen LogP contribution in [0, 0.1) is 5.41 Å². The molecule has 0 atom stereocenters. The number of furan rings is 1. The Labute approximate surface area is 218 Å². The van der Waals surface area contributed by atoms with Gasteiger partial charge in [-0.05, 0) is 47.9 Å². The summed E-state index contributed by atoms with van der Waals surface area (Å²) < 4.78 is 9.63. The first kappa shape index (κ1) is 23.3. The average Bonchev–Trinajstić information content (AvgIpc) is 3.43. The zero-order valence-corrected chi connectivity index (χ0v) is 21.5. The van der Waals surface area contributed by atoms with Crippen molar-refractivity contribution in [3.8, 4) is 11.6 Å². The molecule has 0 aliphatic carbocycles. The van der Waals surface area contributed by atoms with Gasteiger partial charge < -0.3 is 8.98 Å². The number of aromatic nitrogens is 3. The topological polar surface area (TPSA) is 65.3 Å². The van der Waals surface area contributed by atoms with Crippen molar-refractivity contribution in [3.63, 3.8) is 0 Å². The highest BCUT2D eigenvalue weighted by atomic mass is 35.5. The molecule has 0 aliphatic heterocycles. The van der Waals surface area contributed by atoms with Gasteiger partial charge in [0.25, 0.3) is 5.56 Å². The lowest BCUT2D eigenvalue weighted by Crippen LogP contribution is -2.20. The van der Waals surface area contributed by atoms with Crippen LogP contribution >= 0.6 is 11.6 Å². The minimum absolute atomic E-state index is 0.104. The number of rotatable bonds is 4. The Balaban J connectivity index is 1.54. The van der Waals surface area contributed by atoms with E-state index in [9.17, 15) is 4.79 Å². The second-order valence-electron chi connectivity index (χ2n) is 10.4. The normalized spacial score (nSPS) is 12.4. The van der Waals surface area contributed by atoms with Crippen LogP contribution in [0.2, 0.25) is 5.02 Å². The third-order valence-electron chi connectivity index (χ3n) is 6.23. The second-order valence-corrected chi connectivity index (χ2v) is 10.8. The van der Waals surface area contributed by atoms with Crippen LogP contribution in [0.1, 0.15) is 26.3 Å². The maximum atomic E-state index is 13.6. The molecule has 0 fully saturated rings. The predicted octanol–water partition coefficient (Wildman–Crippen LogP) is 7.35. The molecule has 0 saturated carbocycles. The van der Waals surface area contributed by atoms with Crippen molar-refractivity contribution in [1.82, 2.24) is 14.2 Å². The molecule has 37 heavy (non-hydrogen) atoms. The maximum Gasteiger partial charge on any atom is 0.282 e. The molecule has 0 N–H and O–H groups in total. The number of fused-ring (bicyclic) bond motifs is 3. The number of para-hydroxylation sites is 2. The molecule has 0 radical (unpaired) electrons. The van der Waals surface area contributed by atoms with Gasteiger partial charge in [-0.25, -0.2) is 4.98 Å². The Hall–Kier alpha value is -4.16. The molecule has 3 aromatic heterocycles. The van der Waals surface area contributed by atoms with E-state index in [1.165, 1.54) is 4.68 Å². The first-order chi connectivity index (χ1) is 17.8. The SMILES string of the molecule is CC(C)(C)Cn1cc(C=Nn2c(-c3cc4cc(Cl)ccc4o3)nc3ccccc3c2=O)c2ccccc21. The largest absolute Gasteiger partial charge is 0.453 e. The molecular weight excluding hydrogens is 484 g/mol. The van der Waals surface area contributed by atoms with Crippen molar-refractivity contribution in [3.05, 3.63) is 99.9 Å². The number of halogens is 1. The molecule has 0 bridgehead atoms. The van der Waals surface area contributed by atoms with Gasteiger partial charge in [0.2, 0.25) is 5.82 Å². The van der Waals surface area contributed by atoms with E-state index in [0.717, 1.165) is 28.4 Å². The molecule has 0 aliphatic rings. The molecule has 184 valence electrons. The Morgan fingerprint density at radius 2 is 1.76 bits per heavy atom. The van der Waals surface area contributed by atoms with E-state index in [-0.39, 0.29) is 11.0 Å². The third kappa shape index (κ3) is 4.34. The van der Waals surface area contributed by atoms with Gasteiger partial charge in [-0.2, -0.15) is 9.78 Å². The fraction of sp³-hybridized carbons (Fsp3) is 0.167. The summed E-state index contributed by atoms with van der Waals surface area (Å²) in [6.07, 6.45) is 3.81. The van der Waals surface area contributed by atoms with E-state index < -0.39 is 0 Å². The summed E-state index contributed by atoms with van der Waals surface area (Å²) in [5, 5.41) is 7.65. The Kier molecular flexibility index (Phi) is 5.50. The summed E-state index contributed by atoms with van der Waals surface area (Å²) in [5.74, 6) is 0.762. The summed E-state index contributed by atoms with van der Waals surface area (Å²) in [5.41, 5.74) is 3.11. The molecule has 3 heterocycles. The summed E-state index contributed by atoms with van der Waals surface area (Å²) in [4.78, 5) is 18.4. The number of hydrogen-bond donors (Lipinski definition) is 0. The zero-order valence-electron chi connectivity index (χ0n) is 20.8. The zero-order chi connectivity index (χ0) is 25.7. The lowest BCUT2D eigenvalue weighted by Gasteiger charge is -2.19. The van der Waals surface area contributed by atoms with Crippen molar-refractivity contribution in [1.29, 1.82) is 0 Å². The average molecular weight is 509 g/mol. The van der Waals surface area contributed by atoms with E-state index in [0.29, 0.717) is 33.1 Å². The van der Waals surface area contributed by atoms with Crippen LogP contribution in [0.4, 0.5) is 0 Å². The lowest BCUT2D eigenvalue weighted by atomic mass is 9.97. The fourth-order valence-electron chi connectivity index (χ4n) is 4.65. The molecule has 7 heteroatoms. The van der Waals surface area contributed by atoms with E-state index in [2.05, 4.69) is 48.8 Å². The Morgan fingerprint density at radius 1 is 1.00 bits per heavy atom. The van der Waals surface area contributed by atoms with Crippen LogP contribution < -0.4 is 5.56 Å². The minimum atomic E-state index is -0.270. The first-order valence-corrected chi connectivity index (χ1v) is 12.5. The molecule has 6 aromatic rings. The lowest BCUT2D eigenvalue weighted by molar-refractivity contribution is 0.349. The second kappa shape index (κ2) is 8.75. The van der Waals surface area contributed by atoms with Crippen LogP contribution in [-0.2, 0) is 6.54 Å². The van der Waals surface area contributed by atoms with Crippen molar-refractivity contribution < 1.29 is 4.42 Å². The van der Waals surface area contributed by atoms with Crippen molar-refractivity contribution in [2.24, 2.45) is 10.5 Å². The Morgan fingerprint density at radius 3 is 2.57 bits per heavy atom. The summed E-state index contributed by atoms with van der Waals surface area (Å²) in [6, 6.07) is 22.7. The molecule has 3 aromatic carbocycles. The van der Waals surface area contributed by atoms with Gasteiger partial charge in [-0.3, -0.25) is 4.79 Å². The van der Waals surface area contributed by atoms with Crippen LogP contribution in [0.25, 0.3) is 44.4 Å². The van der Waals surface area contributed by atoms with Gasteiger partial charge in [0.15, 0.2) is 5.76 Å². The van der Waals surface area contributed by atoms with Crippen LogP contribution in [0.5, 0.6) is 0 Å². The van der Waals surface area contributed by atoms with Gasteiger partial charge in [-0.15, -0.1) is 0 Å². The molecular formula is C30H25ClN4O2. The number of hydrogen-bond acceptors (Lipinski definition) is 4. The highest BCUT2D eigenvalue weighted by Crippen LogP contribution is 2.29. The van der Waals surface area contributed by atoms with Gasteiger partial charge in [0, 0.05) is 39.6 Å². The van der Waals surface area contributed by atoms with E-state index in [1.807, 2.05) is 42.5 Å². The highest BCUT2D eigenvalue weighted by molar-refractivity contribution is 6.31. The summed E-state index contributed by atoms with van der Waals surface area (Å²) in [6.45, 7) is 7.49. The summed E-state index contributed by atoms with van der Waals surface area (Å²) >= 11 is 6.18. The van der Waals surface area contributed by atoms with Gasteiger partial charge in [0.1, 0.15) is 5.58 Å². The Bertz CT molecular complexity index is 1890. The number of nitrogens with zero attached hydrogens (tertiary/aromatic N) is 4. The molecule has 0 saturated heterocycles. The highest BCUT2D eigenvalue weighted by Gasteiger charge is 2.18. The minimum Gasteiger partial charge on any atom is -0.453 e. The van der Waals surface area contributed by atoms with Crippen molar-refractivity contribution >= 4 is 50.6 Å². The molecule has 0 unspecified atom stereocenters. The number of benzene rings is 3. The van der Waals surface area contributed by atoms with Gasteiger partial charge >= 0.3 is 0 Å². The fourth-order valence-corrected chi connectivity index (χ4v) is 4.84. The van der Waals surface area contributed by atoms with Crippen molar-refractivity contribution in [2.45, 2.75) is 27.3 Å². The van der Waals surface area contributed by atoms with Crippen LogP contribution in [-0.4, -0.2) is 20.4 Å². The molecule has 6 rings (SSSR count). The third-order valence-corrected chi connectivity index (χ3v) is 6.46. The van der Waals surface area contributed by atoms with Crippen molar-refractivity contribution in [2.75, 3.05) is 0 Å². The molecule has 0 spiro atoms. The summed E-state index contributed by atoms with van der Waals surface area (Å²) in [7, 11) is 0. The monoisotopic (exact) mass is 508 g/mol. The smallest absolute Gasteiger partial charge is 0.282 e. The molecule has 6 nitrogen and oxygen atoms in total. The predicted molar refractivity (Wildman–Crippen MR) is 151 cm³/mol. The van der Waals surface area contributed by atoms with Crippen LogP contribution in [0.15, 0.2) is 93.3 Å². The van der Waals surface area contributed by atoms with E-state index >= 15 is 0 Å². The van der Waals surface area contributed by atoms with Gasteiger partial charge in [0.05, 0.1) is 17.1 Å².